The topological polar surface area (TPSA) is 94.3 Å². The number of rotatable bonds is 7. The first-order chi connectivity index (χ1) is 13.0. The average molecular weight is 493 g/mol. The van der Waals surface area contributed by atoms with Crippen molar-refractivity contribution in [3.63, 3.8) is 0 Å². The third-order valence-electron chi connectivity index (χ3n) is 3.56. The Balaban J connectivity index is 1.52. The van der Waals surface area contributed by atoms with Gasteiger partial charge in [-0.15, -0.1) is 11.3 Å². The number of hydrogen-bond acceptors (Lipinski definition) is 5. The number of carbonyl (C=O) groups excluding carboxylic acids is 2. The first-order valence-electron chi connectivity index (χ1n) is 8.01. The molecular weight excluding hydrogens is 477 g/mol. The molecule has 0 saturated carbocycles. The predicted molar refractivity (Wildman–Crippen MR) is 114 cm³/mol. The van der Waals surface area contributed by atoms with Gasteiger partial charge in [0, 0.05) is 14.5 Å². The minimum atomic E-state index is -0.392. The van der Waals surface area contributed by atoms with Crippen LogP contribution in [0.1, 0.15) is 5.56 Å². The minimum absolute atomic E-state index is 0.131. The van der Waals surface area contributed by atoms with Gasteiger partial charge in [0.1, 0.15) is 5.75 Å². The van der Waals surface area contributed by atoms with Gasteiger partial charge in [-0.1, -0.05) is 24.3 Å². The molecule has 138 valence electrons. The largest absolute Gasteiger partial charge is 0.484 e. The molecule has 0 radical (unpaired) electrons. The van der Waals surface area contributed by atoms with Gasteiger partial charge in [0.25, 0.3) is 5.91 Å². The molecule has 6 nitrogen and oxygen atoms in total. The van der Waals surface area contributed by atoms with Crippen molar-refractivity contribution in [3.8, 4) is 17.0 Å². The molecule has 0 atom stereocenters. The quantitative estimate of drug-likeness (QED) is 0.493. The number of anilines is 1. The highest BCUT2D eigenvalue weighted by Gasteiger charge is 2.09. The molecule has 3 aromatic rings. The summed E-state index contributed by atoms with van der Waals surface area (Å²) in [6.07, 6.45) is 0.174. The molecule has 1 aromatic heterocycles. The number of ether oxygens (including phenoxy) is 1. The smallest absolute Gasteiger partial charge is 0.264 e. The predicted octanol–water partition coefficient (Wildman–Crippen LogP) is 3.46. The number of nitrogens with zero attached hydrogens (tertiary/aromatic N) is 1. The number of thiazole rings is 1. The van der Waals surface area contributed by atoms with Gasteiger partial charge in [0.05, 0.1) is 12.1 Å². The molecule has 0 aliphatic heterocycles. The van der Waals surface area contributed by atoms with E-state index in [1.54, 1.807) is 24.3 Å². The molecule has 0 aliphatic rings. The Morgan fingerprint density at radius 2 is 1.81 bits per heavy atom. The van der Waals surface area contributed by atoms with Gasteiger partial charge in [-0.05, 0) is 52.4 Å². The Labute approximate surface area is 173 Å². The molecule has 27 heavy (non-hydrogen) atoms. The van der Waals surface area contributed by atoms with Crippen LogP contribution >= 0.6 is 33.9 Å². The number of hydrogen-bond donors (Lipinski definition) is 2. The lowest BCUT2D eigenvalue weighted by Crippen LogP contribution is -2.20. The first-order valence-corrected chi connectivity index (χ1v) is 9.97. The molecule has 3 rings (SSSR count). The van der Waals surface area contributed by atoms with Crippen LogP contribution in [-0.2, 0) is 16.0 Å². The van der Waals surface area contributed by atoms with Crippen LogP contribution in [-0.4, -0.2) is 23.4 Å². The number of carbonyl (C=O) groups is 2. The number of nitrogens with two attached hydrogens (primary N) is 1. The maximum Gasteiger partial charge on any atom is 0.264 e. The highest BCUT2D eigenvalue weighted by molar-refractivity contribution is 14.1. The Morgan fingerprint density at radius 1 is 1.11 bits per heavy atom. The second-order valence-electron chi connectivity index (χ2n) is 5.67. The average Bonchev–Trinajstić information content (AvgIpc) is 3.09. The summed E-state index contributed by atoms with van der Waals surface area (Å²) in [7, 11) is 0. The maximum atomic E-state index is 12.1. The van der Waals surface area contributed by atoms with Gasteiger partial charge in [-0.25, -0.2) is 4.98 Å². The highest BCUT2D eigenvalue weighted by Crippen LogP contribution is 2.25. The second-order valence-corrected chi connectivity index (χ2v) is 7.77. The van der Waals surface area contributed by atoms with E-state index in [4.69, 9.17) is 10.5 Å². The SMILES string of the molecule is NC(=O)Cc1ccc(OCC(=O)Nc2nc(-c3ccc(I)cc3)cs2)cc1. The Morgan fingerprint density at radius 3 is 2.48 bits per heavy atom. The van der Waals surface area contributed by atoms with E-state index in [1.807, 2.05) is 29.6 Å². The van der Waals surface area contributed by atoms with Crippen LogP contribution < -0.4 is 15.8 Å². The van der Waals surface area contributed by atoms with Gasteiger partial charge >= 0.3 is 0 Å². The van der Waals surface area contributed by atoms with Crippen LogP contribution in [0.3, 0.4) is 0 Å². The summed E-state index contributed by atoms with van der Waals surface area (Å²) in [5, 5.41) is 5.15. The Hall–Kier alpha value is -2.46. The van der Waals surface area contributed by atoms with Gasteiger partial charge in [-0.2, -0.15) is 0 Å². The van der Waals surface area contributed by atoms with Crippen LogP contribution in [0.15, 0.2) is 53.9 Å². The summed E-state index contributed by atoms with van der Waals surface area (Å²) < 4.78 is 6.61. The lowest BCUT2D eigenvalue weighted by Gasteiger charge is -2.06. The van der Waals surface area contributed by atoms with Crippen LogP contribution in [0.2, 0.25) is 0 Å². The van der Waals surface area contributed by atoms with Crippen molar-refractivity contribution in [2.75, 3.05) is 11.9 Å². The fraction of sp³-hybridized carbons (Fsp3) is 0.105. The number of amides is 2. The van der Waals surface area contributed by atoms with E-state index in [0.29, 0.717) is 10.9 Å². The van der Waals surface area contributed by atoms with E-state index in [0.717, 1.165) is 20.4 Å². The molecule has 2 aromatic carbocycles. The normalized spacial score (nSPS) is 10.4. The molecule has 0 bridgehead atoms. The summed E-state index contributed by atoms with van der Waals surface area (Å²) in [5.41, 5.74) is 7.76. The summed E-state index contributed by atoms with van der Waals surface area (Å²) in [4.78, 5) is 27.4. The fourth-order valence-corrected chi connectivity index (χ4v) is 3.39. The van der Waals surface area contributed by atoms with Gasteiger partial charge in [0.2, 0.25) is 5.91 Å². The number of primary amides is 1. The second kappa shape index (κ2) is 8.96. The maximum absolute atomic E-state index is 12.1. The van der Waals surface area contributed by atoms with E-state index in [-0.39, 0.29) is 18.9 Å². The van der Waals surface area contributed by atoms with E-state index in [9.17, 15) is 9.59 Å². The molecule has 8 heteroatoms. The lowest BCUT2D eigenvalue weighted by molar-refractivity contribution is -0.118. The zero-order valence-electron chi connectivity index (χ0n) is 14.1. The van der Waals surface area contributed by atoms with Gasteiger partial charge in [0.15, 0.2) is 11.7 Å². The van der Waals surface area contributed by atoms with E-state index >= 15 is 0 Å². The molecule has 0 saturated heterocycles. The standard InChI is InChI=1S/C19H16IN3O3S/c20-14-5-3-13(4-6-14)16-11-27-19(22-16)23-18(25)10-26-15-7-1-12(2-8-15)9-17(21)24/h1-8,11H,9-10H2,(H2,21,24)(H,22,23,25). The van der Waals surface area contributed by atoms with Crippen molar-refractivity contribution >= 4 is 50.9 Å². The van der Waals surface area contributed by atoms with Crippen LogP contribution in [0.25, 0.3) is 11.3 Å². The van der Waals surface area contributed by atoms with Crippen molar-refractivity contribution in [3.05, 3.63) is 63.0 Å². The molecule has 3 N–H and O–H groups in total. The number of nitrogens with one attached hydrogen (secondary N) is 1. The van der Waals surface area contributed by atoms with Crippen LogP contribution in [0.4, 0.5) is 5.13 Å². The number of benzene rings is 2. The Kier molecular flexibility index (Phi) is 6.40. The first kappa shape index (κ1) is 19.3. The molecular formula is C19H16IN3O3S. The van der Waals surface area contributed by atoms with E-state index < -0.39 is 5.91 Å². The monoisotopic (exact) mass is 493 g/mol. The molecule has 0 spiro atoms. The molecule has 0 unspecified atom stereocenters. The molecule has 2 amide bonds. The van der Waals surface area contributed by atoms with Crippen molar-refractivity contribution in [2.24, 2.45) is 5.73 Å². The van der Waals surface area contributed by atoms with E-state index in [2.05, 4.69) is 32.9 Å². The summed E-state index contributed by atoms with van der Waals surface area (Å²) in [6, 6.07) is 14.9. The van der Waals surface area contributed by atoms with Crippen LogP contribution in [0, 0.1) is 3.57 Å². The van der Waals surface area contributed by atoms with Gasteiger partial charge in [-0.3, -0.25) is 14.9 Å². The lowest BCUT2D eigenvalue weighted by atomic mass is 10.1. The molecule has 0 aliphatic carbocycles. The van der Waals surface area contributed by atoms with Crippen molar-refractivity contribution in [2.45, 2.75) is 6.42 Å². The summed E-state index contributed by atoms with van der Waals surface area (Å²) in [5.74, 6) is -0.145. The third-order valence-corrected chi connectivity index (χ3v) is 5.04. The van der Waals surface area contributed by atoms with Crippen molar-refractivity contribution in [1.29, 1.82) is 0 Å². The van der Waals surface area contributed by atoms with Crippen molar-refractivity contribution in [1.82, 2.24) is 4.98 Å². The van der Waals surface area contributed by atoms with Crippen molar-refractivity contribution < 1.29 is 14.3 Å². The summed E-state index contributed by atoms with van der Waals surface area (Å²) >= 11 is 3.61. The fourth-order valence-electron chi connectivity index (χ4n) is 2.29. The zero-order valence-corrected chi connectivity index (χ0v) is 17.1. The highest BCUT2D eigenvalue weighted by atomic mass is 127. The summed E-state index contributed by atoms with van der Waals surface area (Å²) in [6.45, 7) is -0.131. The number of halogens is 1. The Bertz CT molecular complexity index is 940. The zero-order chi connectivity index (χ0) is 19.2. The third kappa shape index (κ3) is 5.76. The minimum Gasteiger partial charge on any atom is -0.484 e. The number of aromatic nitrogens is 1. The van der Waals surface area contributed by atoms with E-state index in [1.165, 1.54) is 11.3 Å². The molecule has 0 fully saturated rings. The van der Waals surface area contributed by atoms with Gasteiger partial charge < -0.3 is 10.5 Å². The molecule has 1 heterocycles. The van der Waals surface area contributed by atoms with Crippen LogP contribution in [0.5, 0.6) is 5.75 Å².